The lowest BCUT2D eigenvalue weighted by molar-refractivity contribution is -0.137. The van der Waals surface area contributed by atoms with E-state index < -0.39 is 17.3 Å². The summed E-state index contributed by atoms with van der Waals surface area (Å²) in [4.78, 5) is 17.8. The van der Waals surface area contributed by atoms with Crippen molar-refractivity contribution in [2.24, 2.45) is 5.10 Å². The molecule has 0 saturated heterocycles. The Kier molecular flexibility index (Phi) is 7.54. The van der Waals surface area contributed by atoms with Crippen molar-refractivity contribution >= 4 is 44.6 Å². The summed E-state index contributed by atoms with van der Waals surface area (Å²) in [5, 5.41) is 5.26. The van der Waals surface area contributed by atoms with Gasteiger partial charge in [0.05, 0.1) is 27.2 Å². The summed E-state index contributed by atoms with van der Waals surface area (Å²) in [5.41, 5.74) is 0.670. The van der Waals surface area contributed by atoms with Crippen LogP contribution in [0.2, 0.25) is 5.02 Å². The van der Waals surface area contributed by atoms with Crippen LogP contribution >= 0.6 is 27.5 Å². The van der Waals surface area contributed by atoms with E-state index in [9.17, 15) is 18.0 Å². The summed E-state index contributed by atoms with van der Waals surface area (Å²) in [7, 11) is 0. The van der Waals surface area contributed by atoms with Crippen LogP contribution in [0.4, 0.5) is 13.2 Å². The van der Waals surface area contributed by atoms with E-state index in [0.717, 1.165) is 22.4 Å². The molecule has 5 aromatic rings. The minimum Gasteiger partial charge on any atom is -0.488 e. The molecule has 0 radical (unpaired) electrons. The normalized spacial score (nSPS) is 11.8. The molecule has 0 fully saturated rings. The van der Waals surface area contributed by atoms with Crippen LogP contribution in [0.5, 0.6) is 5.75 Å². The SMILES string of the molecule is O=c1c2ccccc2nc(-c2cccc(C(F)(F)F)c2)n1N=Cc1ccc(OCc2ccc(Cl)cc2)c(Br)c1. The summed E-state index contributed by atoms with van der Waals surface area (Å²) < 4.78 is 47.7. The fraction of sp³-hybridized carbons (Fsp3) is 0.0690. The van der Waals surface area contributed by atoms with Gasteiger partial charge in [-0.15, -0.1) is 0 Å². The molecule has 0 bridgehead atoms. The predicted octanol–water partition coefficient (Wildman–Crippen LogP) is 7.96. The first-order valence-electron chi connectivity index (χ1n) is 11.6. The van der Waals surface area contributed by atoms with E-state index in [1.54, 1.807) is 54.6 Å². The maximum absolute atomic E-state index is 13.4. The minimum absolute atomic E-state index is 0.0111. The van der Waals surface area contributed by atoms with E-state index in [4.69, 9.17) is 16.3 Å². The van der Waals surface area contributed by atoms with Crippen molar-refractivity contribution in [2.45, 2.75) is 12.8 Å². The molecule has 196 valence electrons. The molecule has 4 aromatic carbocycles. The summed E-state index contributed by atoms with van der Waals surface area (Å²) in [6.45, 7) is 0.335. The van der Waals surface area contributed by atoms with E-state index in [2.05, 4.69) is 26.0 Å². The van der Waals surface area contributed by atoms with E-state index in [1.165, 1.54) is 18.3 Å². The number of hydrogen-bond acceptors (Lipinski definition) is 4. The molecule has 1 aromatic heterocycles. The summed E-state index contributed by atoms with van der Waals surface area (Å²) in [5.74, 6) is 0.583. The number of fused-ring (bicyclic) bond motifs is 1. The molecule has 10 heteroatoms. The van der Waals surface area contributed by atoms with Gasteiger partial charge in [0.25, 0.3) is 5.56 Å². The van der Waals surface area contributed by atoms with Crippen molar-refractivity contribution in [1.29, 1.82) is 0 Å². The Balaban J connectivity index is 1.49. The first-order chi connectivity index (χ1) is 18.7. The Morgan fingerprint density at radius 1 is 0.974 bits per heavy atom. The van der Waals surface area contributed by atoms with Gasteiger partial charge in [-0.05, 0) is 81.7 Å². The number of para-hydroxylation sites is 1. The summed E-state index contributed by atoms with van der Waals surface area (Å²) in [6, 6.07) is 23.8. The van der Waals surface area contributed by atoms with Crippen molar-refractivity contribution < 1.29 is 17.9 Å². The highest BCUT2D eigenvalue weighted by atomic mass is 79.9. The van der Waals surface area contributed by atoms with Gasteiger partial charge in [0.1, 0.15) is 12.4 Å². The number of ether oxygens (including phenoxy) is 1. The first-order valence-corrected chi connectivity index (χ1v) is 12.8. The van der Waals surface area contributed by atoms with Gasteiger partial charge in [-0.1, -0.05) is 48.0 Å². The molecule has 39 heavy (non-hydrogen) atoms. The van der Waals surface area contributed by atoms with Crippen molar-refractivity contribution in [3.63, 3.8) is 0 Å². The zero-order valence-corrected chi connectivity index (χ0v) is 22.3. The van der Waals surface area contributed by atoms with Crippen molar-refractivity contribution in [1.82, 2.24) is 9.66 Å². The maximum Gasteiger partial charge on any atom is 0.416 e. The maximum atomic E-state index is 13.4. The number of benzene rings is 4. The van der Waals surface area contributed by atoms with Crippen LogP contribution in [0, 0.1) is 0 Å². The second-order valence-corrected chi connectivity index (χ2v) is 9.79. The average molecular weight is 613 g/mol. The quantitative estimate of drug-likeness (QED) is 0.183. The smallest absolute Gasteiger partial charge is 0.416 e. The summed E-state index contributed by atoms with van der Waals surface area (Å²) >= 11 is 9.41. The Hall–Kier alpha value is -3.95. The Morgan fingerprint density at radius 2 is 1.74 bits per heavy atom. The van der Waals surface area contributed by atoms with Gasteiger partial charge in [-0.25, -0.2) is 4.98 Å². The molecule has 0 unspecified atom stereocenters. The largest absolute Gasteiger partial charge is 0.488 e. The standard InChI is InChI=1S/C29H18BrClF3N3O2/c30-24-14-19(10-13-26(24)39-17-18-8-11-22(31)12-9-18)16-35-37-27(20-4-3-5-21(15-20)29(32,33)34)36-25-7-2-1-6-23(25)28(37)38/h1-16H,17H2. The van der Waals surface area contributed by atoms with Gasteiger partial charge < -0.3 is 4.74 Å². The van der Waals surface area contributed by atoms with E-state index in [1.807, 2.05) is 12.1 Å². The van der Waals surface area contributed by atoms with Crippen LogP contribution in [-0.2, 0) is 12.8 Å². The molecular weight excluding hydrogens is 595 g/mol. The minimum atomic E-state index is -4.55. The Morgan fingerprint density at radius 3 is 2.49 bits per heavy atom. The molecule has 0 aliphatic carbocycles. The lowest BCUT2D eigenvalue weighted by Gasteiger charge is -2.12. The zero-order valence-electron chi connectivity index (χ0n) is 20.0. The molecule has 0 amide bonds. The highest BCUT2D eigenvalue weighted by Crippen LogP contribution is 2.32. The third-order valence-corrected chi connectivity index (χ3v) is 6.66. The van der Waals surface area contributed by atoms with Crippen LogP contribution < -0.4 is 10.3 Å². The number of nitrogens with zero attached hydrogens (tertiary/aromatic N) is 3. The fourth-order valence-electron chi connectivity index (χ4n) is 3.83. The van der Waals surface area contributed by atoms with E-state index in [0.29, 0.717) is 32.9 Å². The Labute approximate surface area is 234 Å². The number of alkyl halides is 3. The molecule has 0 aliphatic rings. The highest BCUT2D eigenvalue weighted by molar-refractivity contribution is 9.10. The third kappa shape index (κ3) is 6.05. The van der Waals surface area contributed by atoms with Gasteiger partial charge in [0.2, 0.25) is 0 Å². The van der Waals surface area contributed by atoms with E-state index >= 15 is 0 Å². The van der Waals surface area contributed by atoms with Crippen LogP contribution in [0.15, 0.2) is 105 Å². The number of aromatic nitrogens is 2. The monoisotopic (exact) mass is 611 g/mol. The molecule has 0 aliphatic heterocycles. The Bertz CT molecular complexity index is 1750. The van der Waals surface area contributed by atoms with Crippen molar-refractivity contribution in [2.75, 3.05) is 0 Å². The molecule has 5 rings (SSSR count). The number of rotatable bonds is 6. The summed E-state index contributed by atoms with van der Waals surface area (Å²) in [6.07, 6.45) is -3.12. The molecule has 0 atom stereocenters. The topological polar surface area (TPSA) is 56.5 Å². The van der Waals surface area contributed by atoms with Gasteiger partial charge in [0, 0.05) is 10.6 Å². The fourth-order valence-corrected chi connectivity index (χ4v) is 4.47. The van der Waals surface area contributed by atoms with Crippen molar-refractivity contribution in [3.05, 3.63) is 128 Å². The average Bonchev–Trinajstić information content (AvgIpc) is 2.92. The first kappa shape index (κ1) is 26.6. The highest BCUT2D eigenvalue weighted by Gasteiger charge is 2.31. The lowest BCUT2D eigenvalue weighted by Crippen LogP contribution is -2.20. The van der Waals surface area contributed by atoms with Gasteiger partial charge in [0.15, 0.2) is 5.82 Å². The van der Waals surface area contributed by atoms with Crippen molar-refractivity contribution in [3.8, 4) is 17.1 Å². The lowest BCUT2D eigenvalue weighted by atomic mass is 10.1. The molecule has 0 saturated carbocycles. The second kappa shape index (κ2) is 11.0. The van der Waals surface area contributed by atoms with Crippen LogP contribution in [-0.4, -0.2) is 15.9 Å². The van der Waals surface area contributed by atoms with Gasteiger partial charge in [-0.2, -0.15) is 22.9 Å². The van der Waals surface area contributed by atoms with Gasteiger partial charge >= 0.3 is 6.18 Å². The van der Waals surface area contributed by atoms with Crippen LogP contribution in [0.3, 0.4) is 0 Å². The van der Waals surface area contributed by atoms with Gasteiger partial charge in [-0.3, -0.25) is 4.79 Å². The number of hydrogen-bond donors (Lipinski definition) is 0. The zero-order chi connectivity index (χ0) is 27.6. The molecule has 0 spiro atoms. The third-order valence-electron chi connectivity index (χ3n) is 5.79. The van der Waals surface area contributed by atoms with Crippen LogP contribution in [0.25, 0.3) is 22.3 Å². The molecule has 0 N–H and O–H groups in total. The molecule has 1 heterocycles. The number of halogens is 5. The predicted molar refractivity (Wildman–Crippen MR) is 149 cm³/mol. The molecular formula is C29H18BrClF3N3O2. The second-order valence-electron chi connectivity index (χ2n) is 8.50. The molecule has 5 nitrogen and oxygen atoms in total. The van der Waals surface area contributed by atoms with Crippen LogP contribution in [0.1, 0.15) is 16.7 Å². The van der Waals surface area contributed by atoms with E-state index in [-0.39, 0.29) is 16.8 Å².